The number of nitroso groups, excluding NO2 is 1. The van der Waals surface area contributed by atoms with Gasteiger partial charge in [-0.25, -0.2) is 0 Å². The lowest BCUT2D eigenvalue weighted by molar-refractivity contribution is 0.749. The van der Waals surface area contributed by atoms with Gasteiger partial charge in [0.15, 0.2) is 0 Å². The molecule has 1 aromatic carbocycles. The Morgan fingerprint density at radius 3 is 2.58 bits per heavy atom. The maximum absolute atomic E-state index is 9.63. The van der Waals surface area contributed by atoms with Crippen LogP contribution in [0.5, 0.6) is 0 Å². The summed E-state index contributed by atoms with van der Waals surface area (Å²) in [5.74, 6) is 0. The summed E-state index contributed by atoms with van der Waals surface area (Å²) in [6.45, 7) is 1.23. The third-order valence-corrected chi connectivity index (χ3v) is 1.40. The second-order valence-corrected chi connectivity index (χ2v) is 2.29. The maximum atomic E-state index is 9.63. The van der Waals surface area contributed by atoms with E-state index in [0.29, 0.717) is 13.1 Å². The number of nitrogens with one attached hydrogen (secondary N) is 2. The lowest BCUT2D eigenvalue weighted by Crippen LogP contribution is -2.16. The number of rotatable bonds is 5. The van der Waals surface area contributed by atoms with Crippen LogP contribution in [0.15, 0.2) is 35.6 Å². The molecule has 1 aromatic rings. The predicted octanol–water partition coefficient (Wildman–Crippen LogP) is 1.37. The molecule has 0 saturated carbocycles. The predicted molar refractivity (Wildman–Crippen MR) is 48.7 cm³/mol. The van der Waals surface area contributed by atoms with Crippen LogP contribution >= 0.6 is 0 Å². The zero-order valence-corrected chi connectivity index (χ0v) is 6.66. The molecule has 4 heteroatoms. The van der Waals surface area contributed by atoms with Gasteiger partial charge in [-0.05, 0) is 12.1 Å². The second kappa shape index (κ2) is 5.12. The van der Waals surface area contributed by atoms with E-state index in [9.17, 15) is 4.91 Å². The van der Waals surface area contributed by atoms with Crippen LogP contribution in [0.3, 0.4) is 0 Å². The molecule has 0 spiro atoms. The Labute approximate surface area is 70.9 Å². The van der Waals surface area contributed by atoms with Crippen molar-refractivity contribution in [2.75, 3.05) is 18.4 Å². The highest BCUT2D eigenvalue weighted by atomic mass is 16.3. The van der Waals surface area contributed by atoms with Crippen molar-refractivity contribution in [1.82, 2.24) is 5.43 Å². The molecule has 1 rings (SSSR count). The topological polar surface area (TPSA) is 53.5 Å². The zero-order valence-electron chi connectivity index (χ0n) is 6.66. The molecule has 0 bridgehead atoms. The summed E-state index contributed by atoms with van der Waals surface area (Å²) in [4.78, 5) is 9.63. The average molecular weight is 165 g/mol. The number of hydrogen-bond donors (Lipinski definition) is 2. The Kier molecular flexibility index (Phi) is 3.63. The van der Waals surface area contributed by atoms with Gasteiger partial charge in [0.1, 0.15) is 0 Å². The van der Waals surface area contributed by atoms with Gasteiger partial charge in [-0.3, -0.25) is 5.43 Å². The molecule has 64 valence electrons. The average Bonchev–Trinajstić information content (AvgIpc) is 2.14. The molecule has 0 radical (unpaired) electrons. The molecule has 0 saturated heterocycles. The van der Waals surface area contributed by atoms with Crippen molar-refractivity contribution in [3.63, 3.8) is 0 Å². The van der Waals surface area contributed by atoms with Crippen LogP contribution in [0.1, 0.15) is 0 Å². The zero-order chi connectivity index (χ0) is 8.65. The Balaban J connectivity index is 2.20. The van der Waals surface area contributed by atoms with Gasteiger partial charge in [-0.2, -0.15) is 0 Å². The second-order valence-electron chi connectivity index (χ2n) is 2.29. The fraction of sp³-hybridized carbons (Fsp3) is 0.250. The molecule has 0 aliphatic rings. The summed E-state index contributed by atoms with van der Waals surface area (Å²) >= 11 is 0. The largest absolute Gasteiger partial charge is 0.383 e. The monoisotopic (exact) mass is 165 g/mol. The molecule has 2 N–H and O–H groups in total. The minimum atomic E-state index is 0.540. The minimum absolute atomic E-state index is 0.540. The number of nitrogens with zero attached hydrogens (tertiary/aromatic N) is 1. The van der Waals surface area contributed by atoms with Gasteiger partial charge in [-0.1, -0.05) is 18.2 Å². The quantitative estimate of drug-likeness (QED) is 0.393. The van der Waals surface area contributed by atoms with Gasteiger partial charge in [0.05, 0.1) is 6.54 Å². The summed E-state index contributed by atoms with van der Waals surface area (Å²) in [6.07, 6.45) is 0. The molecule has 0 aliphatic carbocycles. The molecule has 0 aromatic heterocycles. The number of hydrogen-bond acceptors (Lipinski definition) is 3. The Hall–Kier alpha value is -1.58. The molecule has 0 fully saturated rings. The van der Waals surface area contributed by atoms with Gasteiger partial charge < -0.3 is 5.32 Å². The van der Waals surface area contributed by atoms with Crippen LogP contribution < -0.4 is 10.7 Å². The van der Waals surface area contributed by atoms with Gasteiger partial charge >= 0.3 is 0 Å². The Morgan fingerprint density at radius 2 is 1.92 bits per heavy atom. The smallest absolute Gasteiger partial charge is 0.0534 e. The van der Waals surface area contributed by atoms with E-state index >= 15 is 0 Å². The molecular formula is C8H11N3O. The van der Waals surface area contributed by atoms with E-state index < -0.39 is 0 Å². The molecule has 0 heterocycles. The third kappa shape index (κ3) is 3.01. The molecule has 0 aliphatic heterocycles. The van der Waals surface area contributed by atoms with Crippen molar-refractivity contribution < 1.29 is 0 Å². The fourth-order valence-corrected chi connectivity index (χ4v) is 0.864. The van der Waals surface area contributed by atoms with Crippen LogP contribution in [0.25, 0.3) is 0 Å². The van der Waals surface area contributed by atoms with E-state index in [1.807, 2.05) is 30.3 Å². The van der Waals surface area contributed by atoms with E-state index in [-0.39, 0.29) is 0 Å². The first-order valence-corrected chi connectivity index (χ1v) is 3.77. The highest BCUT2D eigenvalue weighted by Gasteiger charge is 1.87. The van der Waals surface area contributed by atoms with Crippen LogP contribution in [-0.4, -0.2) is 13.1 Å². The normalized spacial score (nSPS) is 9.00. The van der Waals surface area contributed by atoms with E-state index in [0.717, 1.165) is 5.69 Å². The van der Waals surface area contributed by atoms with Crippen LogP contribution in [0.2, 0.25) is 0 Å². The van der Waals surface area contributed by atoms with Crippen LogP contribution in [-0.2, 0) is 0 Å². The van der Waals surface area contributed by atoms with Crippen molar-refractivity contribution in [1.29, 1.82) is 0 Å². The summed E-state index contributed by atoms with van der Waals surface area (Å²) in [5.41, 5.74) is 3.37. The summed E-state index contributed by atoms with van der Waals surface area (Å²) in [7, 11) is 0. The maximum Gasteiger partial charge on any atom is 0.0534 e. The molecule has 0 atom stereocenters. The van der Waals surface area contributed by atoms with E-state index in [1.54, 1.807) is 0 Å². The first-order chi connectivity index (χ1) is 5.93. The van der Waals surface area contributed by atoms with Crippen molar-refractivity contribution in [3.05, 3.63) is 35.2 Å². The van der Waals surface area contributed by atoms with Gasteiger partial charge in [0.25, 0.3) is 0 Å². The van der Waals surface area contributed by atoms with Crippen LogP contribution in [0.4, 0.5) is 5.69 Å². The summed E-state index contributed by atoms with van der Waals surface area (Å²) in [6, 6.07) is 9.79. The van der Waals surface area contributed by atoms with E-state index in [4.69, 9.17) is 0 Å². The highest BCUT2D eigenvalue weighted by molar-refractivity contribution is 5.42. The molecule has 0 unspecified atom stereocenters. The molecule has 4 nitrogen and oxygen atoms in total. The molecule has 12 heavy (non-hydrogen) atoms. The number of benzene rings is 1. The van der Waals surface area contributed by atoms with Crippen LogP contribution in [0, 0.1) is 4.91 Å². The summed E-state index contributed by atoms with van der Waals surface area (Å²) < 4.78 is 0. The fourth-order valence-electron chi connectivity index (χ4n) is 0.864. The van der Waals surface area contributed by atoms with E-state index in [1.165, 1.54) is 0 Å². The van der Waals surface area contributed by atoms with Crippen molar-refractivity contribution in [3.8, 4) is 0 Å². The summed E-state index contributed by atoms with van der Waals surface area (Å²) in [5, 5.41) is 5.64. The first kappa shape index (κ1) is 8.52. The third-order valence-electron chi connectivity index (χ3n) is 1.40. The number of para-hydroxylation sites is 1. The van der Waals surface area contributed by atoms with Gasteiger partial charge in [0, 0.05) is 17.5 Å². The Morgan fingerprint density at radius 1 is 1.17 bits per heavy atom. The first-order valence-electron chi connectivity index (χ1n) is 3.77. The highest BCUT2D eigenvalue weighted by Crippen LogP contribution is 2.03. The lowest BCUT2D eigenvalue weighted by atomic mass is 10.3. The standard InChI is InChI=1S/C8H11N3O/c12-11-10-7-6-9-8-4-2-1-3-5-8/h1-5,9H,6-7H2,(H,10,12). The van der Waals surface area contributed by atoms with Crippen molar-refractivity contribution in [2.24, 2.45) is 5.29 Å². The lowest BCUT2D eigenvalue weighted by Gasteiger charge is -2.03. The van der Waals surface area contributed by atoms with E-state index in [2.05, 4.69) is 16.0 Å². The van der Waals surface area contributed by atoms with Crippen molar-refractivity contribution in [2.45, 2.75) is 0 Å². The minimum Gasteiger partial charge on any atom is -0.383 e. The van der Waals surface area contributed by atoms with Crippen molar-refractivity contribution >= 4 is 5.69 Å². The van der Waals surface area contributed by atoms with Gasteiger partial charge in [0.2, 0.25) is 0 Å². The van der Waals surface area contributed by atoms with Gasteiger partial charge in [-0.15, -0.1) is 4.91 Å². The Bertz CT molecular complexity index is 225. The SMILES string of the molecule is O=NNCCNc1ccccc1. The molecular weight excluding hydrogens is 154 g/mol. The number of anilines is 1. The molecule has 0 amide bonds.